The van der Waals surface area contributed by atoms with Crippen molar-refractivity contribution in [2.24, 2.45) is 0 Å². The van der Waals surface area contributed by atoms with E-state index >= 15 is 0 Å². The average Bonchev–Trinajstić information content (AvgIpc) is 3.42. The first-order valence-electron chi connectivity index (χ1n) is 10.4. The first-order valence-corrected chi connectivity index (χ1v) is 13.6. The Morgan fingerprint density at radius 2 is 1.71 bits per heavy atom. The number of carbonyl (C=O) groups is 1. The molecule has 2 aromatic heterocycles. The lowest BCUT2D eigenvalue weighted by atomic mass is 10.2. The lowest BCUT2D eigenvalue weighted by Gasteiger charge is -2.19. The van der Waals surface area contributed by atoms with Crippen molar-refractivity contribution in [1.29, 1.82) is 0 Å². The van der Waals surface area contributed by atoms with E-state index in [1.807, 2.05) is 30.7 Å². The van der Waals surface area contributed by atoms with Crippen LogP contribution in [0.3, 0.4) is 0 Å². The number of amides is 1. The molecule has 0 saturated carbocycles. The number of thiazole rings is 1. The van der Waals surface area contributed by atoms with Gasteiger partial charge in [-0.2, -0.15) is 4.31 Å². The lowest BCUT2D eigenvalue weighted by Crippen LogP contribution is -2.31. The van der Waals surface area contributed by atoms with Gasteiger partial charge in [0.25, 0.3) is 5.91 Å². The molecule has 1 N–H and O–H groups in total. The summed E-state index contributed by atoms with van der Waals surface area (Å²) in [6.07, 6.45) is 3.99. The van der Waals surface area contributed by atoms with Crippen LogP contribution < -0.4 is 5.32 Å². The molecule has 0 spiro atoms. The van der Waals surface area contributed by atoms with Crippen LogP contribution in [-0.4, -0.2) is 36.7 Å². The topological polar surface area (TPSA) is 79.4 Å². The summed E-state index contributed by atoms with van der Waals surface area (Å²) in [4.78, 5) is 17.5. The second-order valence-electron chi connectivity index (χ2n) is 6.81. The summed E-state index contributed by atoms with van der Waals surface area (Å²) in [6.45, 7) is 5.17. The van der Waals surface area contributed by atoms with Gasteiger partial charge in [-0.25, -0.2) is 13.4 Å². The standard InChI is InChI=1S/C20H21N3O3S3.C2H6.H2/c24-19(18-6-5-13-27-18)22-20-21-17(14-28-20)15-7-9-16(10-8-15)29(25,26)23-11-3-1-2-4-12-23;1-2;/h5-10,13-14H,1-4,11-12H2,(H,21,22,24);1-2H3;1H. The van der Waals surface area contributed by atoms with E-state index in [0.717, 1.165) is 31.2 Å². The average molecular weight is 480 g/mol. The van der Waals surface area contributed by atoms with Gasteiger partial charge < -0.3 is 0 Å². The van der Waals surface area contributed by atoms with Gasteiger partial charge in [0.05, 0.1) is 15.5 Å². The van der Waals surface area contributed by atoms with Gasteiger partial charge in [0.2, 0.25) is 10.0 Å². The van der Waals surface area contributed by atoms with E-state index in [0.29, 0.717) is 33.7 Å². The Hall–Kier alpha value is -2.07. The van der Waals surface area contributed by atoms with E-state index in [1.54, 1.807) is 34.6 Å². The van der Waals surface area contributed by atoms with Crippen LogP contribution in [0.25, 0.3) is 11.3 Å². The van der Waals surface area contributed by atoms with Crippen LogP contribution in [0, 0.1) is 0 Å². The van der Waals surface area contributed by atoms with Gasteiger partial charge in [0, 0.05) is 25.5 Å². The maximum absolute atomic E-state index is 12.9. The smallest absolute Gasteiger partial charge is 0.267 e. The molecular weight excluding hydrogens is 450 g/mol. The number of nitrogens with one attached hydrogen (secondary N) is 1. The molecule has 168 valence electrons. The molecule has 9 heteroatoms. The number of aromatic nitrogens is 1. The molecule has 0 bridgehead atoms. The first kappa shape index (κ1) is 23.6. The van der Waals surface area contributed by atoms with Crippen molar-refractivity contribution in [3.63, 3.8) is 0 Å². The number of thiophene rings is 1. The van der Waals surface area contributed by atoms with Gasteiger partial charge in [-0.3, -0.25) is 10.1 Å². The third-order valence-electron chi connectivity index (χ3n) is 4.82. The van der Waals surface area contributed by atoms with Gasteiger partial charge in [0.1, 0.15) is 0 Å². The SMILES string of the molecule is CC.O=C(Nc1nc(-c2ccc(S(=O)(=O)N3CCCCCC3)cc2)cs1)c1cccs1.[HH]. The number of hydrogen-bond donors (Lipinski definition) is 1. The summed E-state index contributed by atoms with van der Waals surface area (Å²) in [5.41, 5.74) is 1.52. The molecular formula is C22H29N3O3S3. The molecule has 0 radical (unpaired) electrons. The van der Waals surface area contributed by atoms with Gasteiger partial charge in [0.15, 0.2) is 5.13 Å². The molecule has 0 unspecified atom stereocenters. The zero-order valence-electron chi connectivity index (χ0n) is 17.7. The Bertz CT molecular complexity index is 1070. The van der Waals surface area contributed by atoms with E-state index in [1.165, 1.54) is 22.7 Å². The minimum Gasteiger partial charge on any atom is -0.297 e. The summed E-state index contributed by atoms with van der Waals surface area (Å²) >= 11 is 2.71. The number of benzene rings is 1. The van der Waals surface area contributed by atoms with Crippen LogP contribution in [0.4, 0.5) is 5.13 Å². The Balaban J connectivity index is 0.00000118. The van der Waals surface area contributed by atoms with Crippen LogP contribution in [0.15, 0.2) is 52.1 Å². The summed E-state index contributed by atoms with van der Waals surface area (Å²) in [5.74, 6) is -0.181. The van der Waals surface area contributed by atoms with Crippen molar-refractivity contribution in [1.82, 2.24) is 9.29 Å². The molecule has 1 amide bonds. The molecule has 1 fully saturated rings. The third kappa shape index (κ3) is 5.79. The van der Waals surface area contributed by atoms with E-state index in [2.05, 4.69) is 10.3 Å². The molecule has 1 aliphatic heterocycles. The molecule has 3 aromatic rings. The number of anilines is 1. The summed E-state index contributed by atoms with van der Waals surface area (Å²) < 4.78 is 27.4. The monoisotopic (exact) mass is 479 g/mol. The minimum absolute atomic E-state index is 0. The maximum atomic E-state index is 12.9. The largest absolute Gasteiger partial charge is 0.297 e. The van der Waals surface area contributed by atoms with Crippen molar-refractivity contribution < 1.29 is 14.6 Å². The van der Waals surface area contributed by atoms with Gasteiger partial charge in [-0.05, 0) is 36.4 Å². The Kier molecular flexibility index (Phi) is 8.36. The van der Waals surface area contributed by atoms with Gasteiger partial charge in [-0.1, -0.05) is 44.9 Å². The number of sulfonamides is 1. The highest BCUT2D eigenvalue weighted by atomic mass is 32.2. The Morgan fingerprint density at radius 3 is 2.32 bits per heavy atom. The van der Waals surface area contributed by atoms with Gasteiger partial charge >= 0.3 is 0 Å². The van der Waals surface area contributed by atoms with E-state index in [9.17, 15) is 13.2 Å². The number of rotatable bonds is 5. The van der Waals surface area contributed by atoms with Crippen molar-refractivity contribution >= 4 is 43.7 Å². The highest BCUT2D eigenvalue weighted by Gasteiger charge is 2.25. The first-order chi connectivity index (χ1) is 15.0. The molecule has 6 nitrogen and oxygen atoms in total. The second-order valence-corrected chi connectivity index (χ2v) is 10.6. The van der Waals surface area contributed by atoms with Crippen molar-refractivity contribution in [2.75, 3.05) is 18.4 Å². The lowest BCUT2D eigenvalue weighted by molar-refractivity contribution is 0.103. The highest BCUT2D eigenvalue weighted by molar-refractivity contribution is 7.89. The summed E-state index contributed by atoms with van der Waals surface area (Å²) in [7, 11) is -3.46. The molecule has 3 heterocycles. The van der Waals surface area contributed by atoms with Gasteiger partial charge in [-0.15, -0.1) is 22.7 Å². The fourth-order valence-corrected chi connectivity index (χ4v) is 6.11. The number of nitrogens with zero attached hydrogens (tertiary/aromatic N) is 2. The van der Waals surface area contributed by atoms with E-state index in [4.69, 9.17) is 0 Å². The minimum atomic E-state index is -3.46. The van der Waals surface area contributed by atoms with Crippen LogP contribution >= 0.6 is 22.7 Å². The number of hydrogen-bond acceptors (Lipinski definition) is 6. The van der Waals surface area contributed by atoms with Crippen LogP contribution in [0.5, 0.6) is 0 Å². The fraction of sp³-hybridized carbons (Fsp3) is 0.364. The van der Waals surface area contributed by atoms with Crippen molar-refractivity contribution in [2.45, 2.75) is 44.4 Å². The maximum Gasteiger partial charge on any atom is 0.267 e. The highest BCUT2D eigenvalue weighted by Crippen LogP contribution is 2.28. The zero-order chi connectivity index (χ0) is 22.3. The fourth-order valence-electron chi connectivity index (χ4n) is 3.26. The molecule has 0 atom stereocenters. The van der Waals surface area contributed by atoms with E-state index < -0.39 is 10.0 Å². The third-order valence-corrected chi connectivity index (χ3v) is 8.36. The second kappa shape index (κ2) is 11.0. The van der Waals surface area contributed by atoms with Crippen molar-refractivity contribution in [3.05, 3.63) is 52.0 Å². The molecule has 31 heavy (non-hydrogen) atoms. The normalized spacial score (nSPS) is 14.9. The number of carbonyl (C=O) groups excluding carboxylic acids is 1. The molecule has 4 rings (SSSR count). The predicted octanol–water partition coefficient (Wildman–Crippen LogP) is 5.96. The predicted molar refractivity (Wildman–Crippen MR) is 131 cm³/mol. The molecule has 0 aliphatic carbocycles. The quantitative estimate of drug-likeness (QED) is 0.490. The Morgan fingerprint density at radius 1 is 1.03 bits per heavy atom. The summed E-state index contributed by atoms with van der Waals surface area (Å²) in [5, 5.41) is 7.01. The molecule has 1 saturated heterocycles. The van der Waals surface area contributed by atoms with Crippen LogP contribution in [0.1, 0.15) is 50.6 Å². The summed E-state index contributed by atoms with van der Waals surface area (Å²) in [6, 6.07) is 10.4. The Labute approximate surface area is 193 Å². The van der Waals surface area contributed by atoms with Crippen LogP contribution in [0.2, 0.25) is 0 Å². The van der Waals surface area contributed by atoms with Crippen LogP contribution in [-0.2, 0) is 10.0 Å². The zero-order valence-corrected chi connectivity index (χ0v) is 20.2. The molecule has 1 aromatic carbocycles. The van der Waals surface area contributed by atoms with E-state index in [-0.39, 0.29) is 7.33 Å². The molecule has 1 aliphatic rings. The van der Waals surface area contributed by atoms with Crippen molar-refractivity contribution in [3.8, 4) is 11.3 Å².